The molecule has 5 heteroatoms. The molecule has 3 rings (SSSR count). The van der Waals surface area contributed by atoms with Crippen molar-refractivity contribution in [1.29, 1.82) is 0 Å². The Bertz CT molecular complexity index is 930. The molecule has 0 aliphatic heterocycles. The molecule has 0 saturated carbocycles. The van der Waals surface area contributed by atoms with E-state index in [9.17, 15) is 9.59 Å². The van der Waals surface area contributed by atoms with Crippen LogP contribution in [-0.4, -0.2) is 24.9 Å². The molecule has 3 aromatic carbocycles. The summed E-state index contributed by atoms with van der Waals surface area (Å²) in [6, 6.07) is 20.8. The average Bonchev–Trinajstić information content (AvgIpc) is 2.71. The fourth-order valence-electron chi connectivity index (χ4n) is 2.79. The molecule has 0 unspecified atom stereocenters. The zero-order valence-corrected chi connectivity index (χ0v) is 15.3. The summed E-state index contributed by atoms with van der Waals surface area (Å²) in [5.41, 5.74) is 2.19. The molecule has 0 aliphatic carbocycles. The molecular formula is C22H23N3O2. The molecule has 0 fully saturated rings. The van der Waals surface area contributed by atoms with E-state index in [0.717, 1.165) is 28.6 Å². The molecule has 3 aromatic rings. The molecule has 0 aromatic heterocycles. The topological polar surface area (TPSA) is 70.2 Å². The van der Waals surface area contributed by atoms with Crippen LogP contribution in [0.3, 0.4) is 0 Å². The fourth-order valence-corrected chi connectivity index (χ4v) is 2.79. The van der Waals surface area contributed by atoms with Crippen molar-refractivity contribution in [2.75, 3.05) is 23.7 Å². The molecule has 138 valence electrons. The highest BCUT2D eigenvalue weighted by Crippen LogP contribution is 2.22. The monoisotopic (exact) mass is 361 g/mol. The predicted octanol–water partition coefficient (Wildman–Crippen LogP) is 4.03. The first-order chi connectivity index (χ1) is 13.2. The van der Waals surface area contributed by atoms with Crippen molar-refractivity contribution in [3.05, 3.63) is 72.3 Å². The Morgan fingerprint density at radius 2 is 1.63 bits per heavy atom. The summed E-state index contributed by atoms with van der Waals surface area (Å²) in [7, 11) is 0. The molecular weight excluding hydrogens is 338 g/mol. The lowest BCUT2D eigenvalue weighted by Gasteiger charge is -2.10. The summed E-state index contributed by atoms with van der Waals surface area (Å²) in [6.45, 7) is 2.81. The highest BCUT2D eigenvalue weighted by molar-refractivity contribution is 6.03. The van der Waals surface area contributed by atoms with E-state index < -0.39 is 0 Å². The number of amides is 2. The Balaban J connectivity index is 1.57. The SMILES string of the molecule is CCCNC(=O)c1ccc(NCC(=O)Nc2cccc3ccccc23)cc1. The van der Waals surface area contributed by atoms with Crippen molar-refractivity contribution in [2.24, 2.45) is 0 Å². The van der Waals surface area contributed by atoms with Gasteiger partial charge >= 0.3 is 0 Å². The van der Waals surface area contributed by atoms with Crippen LogP contribution in [0.25, 0.3) is 10.8 Å². The first-order valence-electron chi connectivity index (χ1n) is 9.07. The fraction of sp³-hybridized carbons (Fsp3) is 0.182. The Morgan fingerprint density at radius 1 is 0.889 bits per heavy atom. The van der Waals surface area contributed by atoms with Gasteiger partial charge in [0.15, 0.2) is 0 Å². The number of anilines is 2. The summed E-state index contributed by atoms with van der Waals surface area (Å²) in [6.07, 6.45) is 0.900. The van der Waals surface area contributed by atoms with E-state index in [-0.39, 0.29) is 18.4 Å². The van der Waals surface area contributed by atoms with Gasteiger partial charge in [-0.3, -0.25) is 9.59 Å². The van der Waals surface area contributed by atoms with Crippen LogP contribution in [0.1, 0.15) is 23.7 Å². The zero-order chi connectivity index (χ0) is 19.1. The Morgan fingerprint density at radius 3 is 2.41 bits per heavy atom. The Hall–Kier alpha value is -3.34. The van der Waals surface area contributed by atoms with E-state index in [1.54, 1.807) is 24.3 Å². The molecule has 3 N–H and O–H groups in total. The number of carbonyl (C=O) groups excluding carboxylic acids is 2. The normalized spacial score (nSPS) is 10.4. The third-order valence-corrected chi connectivity index (χ3v) is 4.20. The lowest BCUT2D eigenvalue weighted by molar-refractivity contribution is -0.114. The highest BCUT2D eigenvalue weighted by atomic mass is 16.2. The smallest absolute Gasteiger partial charge is 0.251 e. The quantitative estimate of drug-likeness (QED) is 0.595. The number of nitrogens with one attached hydrogen (secondary N) is 3. The number of carbonyl (C=O) groups is 2. The largest absolute Gasteiger partial charge is 0.376 e. The second kappa shape index (κ2) is 8.85. The van der Waals surface area contributed by atoms with E-state index in [0.29, 0.717) is 12.1 Å². The van der Waals surface area contributed by atoms with Crippen molar-refractivity contribution in [1.82, 2.24) is 5.32 Å². The number of benzene rings is 3. The third-order valence-electron chi connectivity index (χ3n) is 4.20. The lowest BCUT2D eigenvalue weighted by Crippen LogP contribution is -2.24. The molecule has 0 heterocycles. The molecule has 5 nitrogen and oxygen atoms in total. The number of rotatable bonds is 7. The van der Waals surface area contributed by atoms with Gasteiger partial charge in [0, 0.05) is 28.9 Å². The summed E-state index contributed by atoms with van der Waals surface area (Å²) in [5.74, 6) is -0.215. The molecule has 0 radical (unpaired) electrons. The lowest BCUT2D eigenvalue weighted by atomic mass is 10.1. The van der Waals surface area contributed by atoms with E-state index in [1.165, 1.54) is 0 Å². The van der Waals surface area contributed by atoms with Crippen molar-refractivity contribution in [2.45, 2.75) is 13.3 Å². The zero-order valence-electron chi connectivity index (χ0n) is 15.3. The van der Waals surface area contributed by atoms with E-state index in [1.807, 2.05) is 49.4 Å². The van der Waals surface area contributed by atoms with Crippen LogP contribution in [0.15, 0.2) is 66.7 Å². The first kappa shape index (κ1) is 18.5. The standard InChI is InChI=1S/C22H23N3O2/c1-2-14-23-22(27)17-10-12-18(13-11-17)24-15-21(26)25-20-9-5-7-16-6-3-4-8-19(16)20/h3-13,24H,2,14-15H2,1H3,(H,23,27)(H,25,26). The average molecular weight is 361 g/mol. The number of hydrogen-bond donors (Lipinski definition) is 3. The Kier molecular flexibility index (Phi) is 6.05. The Labute approximate surface area is 158 Å². The van der Waals surface area contributed by atoms with Gasteiger partial charge in [0.2, 0.25) is 5.91 Å². The summed E-state index contributed by atoms with van der Waals surface area (Å²) in [4.78, 5) is 24.2. The van der Waals surface area contributed by atoms with E-state index in [4.69, 9.17) is 0 Å². The molecule has 0 atom stereocenters. The summed E-state index contributed by atoms with van der Waals surface area (Å²) in [5, 5.41) is 11.0. The van der Waals surface area contributed by atoms with Crippen molar-refractivity contribution in [3.8, 4) is 0 Å². The molecule has 2 amide bonds. The van der Waals surface area contributed by atoms with Crippen LogP contribution in [0.2, 0.25) is 0 Å². The van der Waals surface area contributed by atoms with Gasteiger partial charge in [-0.2, -0.15) is 0 Å². The van der Waals surface area contributed by atoms with Crippen LogP contribution >= 0.6 is 0 Å². The van der Waals surface area contributed by atoms with Gasteiger partial charge in [-0.15, -0.1) is 0 Å². The van der Waals surface area contributed by atoms with Crippen LogP contribution in [-0.2, 0) is 4.79 Å². The number of hydrogen-bond acceptors (Lipinski definition) is 3. The minimum absolute atomic E-state index is 0.0860. The van der Waals surface area contributed by atoms with Crippen molar-refractivity contribution >= 4 is 34.0 Å². The second-order valence-corrected chi connectivity index (χ2v) is 6.26. The van der Waals surface area contributed by atoms with Crippen LogP contribution < -0.4 is 16.0 Å². The van der Waals surface area contributed by atoms with Crippen molar-refractivity contribution in [3.63, 3.8) is 0 Å². The van der Waals surface area contributed by atoms with Crippen LogP contribution in [0, 0.1) is 0 Å². The predicted molar refractivity (Wildman–Crippen MR) is 110 cm³/mol. The van der Waals surface area contributed by atoms with Gasteiger partial charge in [0.1, 0.15) is 0 Å². The minimum Gasteiger partial charge on any atom is -0.376 e. The maximum Gasteiger partial charge on any atom is 0.251 e. The highest BCUT2D eigenvalue weighted by Gasteiger charge is 2.07. The second-order valence-electron chi connectivity index (χ2n) is 6.26. The minimum atomic E-state index is -0.129. The molecule has 0 aliphatic rings. The molecule has 0 saturated heterocycles. The first-order valence-corrected chi connectivity index (χ1v) is 9.07. The van der Waals surface area contributed by atoms with Gasteiger partial charge in [-0.05, 0) is 42.1 Å². The maximum absolute atomic E-state index is 12.3. The molecule has 27 heavy (non-hydrogen) atoms. The van der Waals surface area contributed by atoms with Gasteiger partial charge < -0.3 is 16.0 Å². The van der Waals surface area contributed by atoms with Gasteiger partial charge in [-0.25, -0.2) is 0 Å². The molecule has 0 spiro atoms. The van der Waals surface area contributed by atoms with Crippen LogP contribution in [0.5, 0.6) is 0 Å². The van der Waals surface area contributed by atoms with E-state index >= 15 is 0 Å². The van der Waals surface area contributed by atoms with Gasteiger partial charge in [0.05, 0.1) is 6.54 Å². The third kappa shape index (κ3) is 4.85. The summed E-state index contributed by atoms with van der Waals surface area (Å²) < 4.78 is 0. The molecule has 0 bridgehead atoms. The van der Waals surface area contributed by atoms with E-state index in [2.05, 4.69) is 16.0 Å². The summed E-state index contributed by atoms with van der Waals surface area (Å²) >= 11 is 0. The maximum atomic E-state index is 12.3. The van der Waals surface area contributed by atoms with Crippen molar-refractivity contribution < 1.29 is 9.59 Å². The van der Waals surface area contributed by atoms with Gasteiger partial charge in [-0.1, -0.05) is 43.3 Å². The number of fused-ring (bicyclic) bond motifs is 1. The van der Waals surface area contributed by atoms with Crippen LogP contribution in [0.4, 0.5) is 11.4 Å². The van der Waals surface area contributed by atoms with Gasteiger partial charge in [0.25, 0.3) is 5.91 Å².